The molecule has 2 aliphatic rings. The van der Waals surface area contributed by atoms with E-state index in [2.05, 4.69) is 31.2 Å². The van der Waals surface area contributed by atoms with E-state index in [0.717, 1.165) is 56.1 Å². The van der Waals surface area contributed by atoms with Crippen LogP contribution in [0.2, 0.25) is 0 Å². The molecule has 0 radical (unpaired) electrons. The van der Waals surface area contributed by atoms with Crippen molar-refractivity contribution in [1.82, 2.24) is 20.2 Å². The van der Waals surface area contributed by atoms with E-state index in [9.17, 15) is 0 Å². The molecule has 3 rings (SSSR count). The van der Waals surface area contributed by atoms with E-state index >= 15 is 0 Å². The van der Waals surface area contributed by atoms with Crippen molar-refractivity contribution in [3.8, 4) is 0 Å². The summed E-state index contributed by atoms with van der Waals surface area (Å²) in [6.45, 7) is 10.8. The Balaban J connectivity index is 1.63. The Bertz CT molecular complexity index is 413. The van der Waals surface area contributed by atoms with Crippen molar-refractivity contribution >= 4 is 5.82 Å². The molecule has 0 spiro atoms. The summed E-state index contributed by atoms with van der Waals surface area (Å²) >= 11 is 0. The number of hydrogen-bond donors (Lipinski definition) is 1. The molecule has 3 heterocycles. The number of nitrogens with zero attached hydrogens (tertiary/aromatic N) is 4. The van der Waals surface area contributed by atoms with Crippen LogP contribution in [0.4, 0.5) is 5.82 Å². The fraction of sp³-hybridized carbons (Fsp3) is 0.714. The third-order valence-corrected chi connectivity index (χ3v) is 4.14. The van der Waals surface area contributed by atoms with Gasteiger partial charge in [0.25, 0.3) is 0 Å². The van der Waals surface area contributed by atoms with Gasteiger partial charge in [0.1, 0.15) is 11.6 Å². The third-order valence-electron chi connectivity index (χ3n) is 4.14. The molecule has 1 atom stereocenters. The normalized spacial score (nSPS) is 24.9. The zero-order valence-electron chi connectivity index (χ0n) is 11.9. The Morgan fingerprint density at radius 3 is 2.58 bits per heavy atom. The highest BCUT2D eigenvalue weighted by molar-refractivity contribution is 5.40. The van der Waals surface area contributed by atoms with Gasteiger partial charge in [-0.15, -0.1) is 0 Å². The Kier molecular flexibility index (Phi) is 3.66. The van der Waals surface area contributed by atoms with Crippen molar-refractivity contribution in [3.05, 3.63) is 17.6 Å². The highest BCUT2D eigenvalue weighted by Crippen LogP contribution is 2.17. The summed E-state index contributed by atoms with van der Waals surface area (Å²) in [5.41, 5.74) is 1.06. The summed E-state index contributed by atoms with van der Waals surface area (Å²) < 4.78 is 0. The van der Waals surface area contributed by atoms with Crippen LogP contribution in [0, 0.1) is 13.8 Å². The van der Waals surface area contributed by atoms with Crippen LogP contribution in [0.15, 0.2) is 6.07 Å². The lowest BCUT2D eigenvalue weighted by Crippen LogP contribution is -2.51. The van der Waals surface area contributed by atoms with Crippen LogP contribution in [-0.2, 0) is 0 Å². The molecule has 19 heavy (non-hydrogen) atoms. The fourth-order valence-corrected chi connectivity index (χ4v) is 3.13. The fourth-order valence-electron chi connectivity index (χ4n) is 3.13. The van der Waals surface area contributed by atoms with E-state index in [1.165, 1.54) is 13.0 Å². The molecule has 1 aromatic rings. The van der Waals surface area contributed by atoms with Gasteiger partial charge in [0.05, 0.1) is 0 Å². The molecule has 2 saturated heterocycles. The number of nitrogens with one attached hydrogen (secondary N) is 1. The average molecular weight is 261 g/mol. The van der Waals surface area contributed by atoms with Gasteiger partial charge in [-0.2, -0.15) is 0 Å². The number of aryl methyl sites for hydroxylation is 2. The minimum absolute atomic E-state index is 0.746. The van der Waals surface area contributed by atoms with E-state index in [4.69, 9.17) is 0 Å². The van der Waals surface area contributed by atoms with E-state index in [-0.39, 0.29) is 0 Å². The van der Waals surface area contributed by atoms with Crippen LogP contribution in [0.3, 0.4) is 0 Å². The monoisotopic (exact) mass is 261 g/mol. The van der Waals surface area contributed by atoms with Gasteiger partial charge in [-0.3, -0.25) is 4.90 Å². The lowest BCUT2D eigenvalue weighted by Gasteiger charge is -2.38. The minimum Gasteiger partial charge on any atom is -0.354 e. The van der Waals surface area contributed by atoms with Crippen LogP contribution in [0.25, 0.3) is 0 Å². The van der Waals surface area contributed by atoms with Crippen molar-refractivity contribution < 1.29 is 0 Å². The zero-order chi connectivity index (χ0) is 13.2. The summed E-state index contributed by atoms with van der Waals surface area (Å²) in [5, 5.41) is 3.45. The predicted molar refractivity (Wildman–Crippen MR) is 76.6 cm³/mol. The number of rotatable bonds is 2. The first-order chi connectivity index (χ1) is 9.22. The van der Waals surface area contributed by atoms with E-state index in [0.29, 0.717) is 0 Å². The predicted octanol–water partition coefficient (Wildman–Crippen LogP) is 0.577. The van der Waals surface area contributed by atoms with Crippen LogP contribution in [0.5, 0.6) is 0 Å². The lowest BCUT2D eigenvalue weighted by molar-refractivity contribution is 0.196. The second kappa shape index (κ2) is 5.43. The van der Waals surface area contributed by atoms with Gasteiger partial charge in [0.2, 0.25) is 0 Å². The average Bonchev–Trinajstić information content (AvgIpc) is 2.91. The quantitative estimate of drug-likeness (QED) is 0.843. The maximum atomic E-state index is 4.56. The molecule has 0 saturated carbocycles. The van der Waals surface area contributed by atoms with Gasteiger partial charge in [0, 0.05) is 50.5 Å². The first-order valence-electron chi connectivity index (χ1n) is 7.24. The van der Waals surface area contributed by atoms with Gasteiger partial charge in [-0.25, -0.2) is 9.97 Å². The summed E-state index contributed by atoms with van der Waals surface area (Å²) in [6.07, 6.45) is 1.30. The molecule has 0 aromatic carbocycles. The smallest absolute Gasteiger partial charge is 0.132 e. The van der Waals surface area contributed by atoms with Gasteiger partial charge in [-0.1, -0.05) is 0 Å². The molecule has 0 aliphatic carbocycles. The van der Waals surface area contributed by atoms with Crippen molar-refractivity contribution in [2.45, 2.75) is 26.3 Å². The number of anilines is 1. The van der Waals surface area contributed by atoms with Crippen LogP contribution >= 0.6 is 0 Å². The standard InChI is InChI=1S/C14H23N5/c1-11-9-14(17-12(2)16-11)19-7-5-18(6-8-19)13-3-4-15-10-13/h9,13,15H,3-8,10H2,1-2H3. The molecule has 2 fully saturated rings. The van der Waals surface area contributed by atoms with Crippen molar-refractivity contribution in [2.24, 2.45) is 0 Å². The topological polar surface area (TPSA) is 44.3 Å². The number of piperazine rings is 1. The van der Waals surface area contributed by atoms with Crippen molar-refractivity contribution in [1.29, 1.82) is 0 Å². The second-order valence-electron chi connectivity index (χ2n) is 5.58. The minimum atomic E-state index is 0.746. The van der Waals surface area contributed by atoms with E-state index < -0.39 is 0 Å². The molecule has 2 aliphatic heterocycles. The molecular weight excluding hydrogens is 238 g/mol. The molecule has 1 aromatic heterocycles. The number of hydrogen-bond acceptors (Lipinski definition) is 5. The van der Waals surface area contributed by atoms with Crippen molar-refractivity contribution in [2.75, 3.05) is 44.2 Å². The van der Waals surface area contributed by atoms with Crippen molar-refractivity contribution in [3.63, 3.8) is 0 Å². The summed E-state index contributed by atoms with van der Waals surface area (Å²) in [5.74, 6) is 1.96. The maximum absolute atomic E-state index is 4.56. The lowest BCUT2D eigenvalue weighted by atomic mass is 10.2. The molecule has 5 heteroatoms. The van der Waals surface area contributed by atoms with E-state index in [1.807, 2.05) is 13.8 Å². The van der Waals surface area contributed by atoms with Crippen LogP contribution < -0.4 is 10.2 Å². The van der Waals surface area contributed by atoms with E-state index in [1.54, 1.807) is 0 Å². The molecule has 0 amide bonds. The third kappa shape index (κ3) is 2.87. The highest BCUT2D eigenvalue weighted by atomic mass is 15.3. The Labute approximate surface area is 115 Å². The van der Waals surface area contributed by atoms with Gasteiger partial charge >= 0.3 is 0 Å². The summed E-state index contributed by atoms with van der Waals surface area (Å²) in [4.78, 5) is 13.9. The van der Waals surface area contributed by atoms with Gasteiger partial charge in [0.15, 0.2) is 0 Å². The largest absolute Gasteiger partial charge is 0.354 e. The second-order valence-corrected chi connectivity index (χ2v) is 5.58. The van der Waals surface area contributed by atoms with Gasteiger partial charge in [-0.05, 0) is 26.8 Å². The Hall–Kier alpha value is -1.20. The molecular formula is C14H23N5. The Morgan fingerprint density at radius 2 is 1.95 bits per heavy atom. The van der Waals surface area contributed by atoms with Gasteiger partial charge < -0.3 is 10.2 Å². The van der Waals surface area contributed by atoms with Crippen LogP contribution in [-0.4, -0.2) is 60.2 Å². The highest BCUT2D eigenvalue weighted by Gasteiger charge is 2.26. The first-order valence-corrected chi connectivity index (χ1v) is 7.24. The SMILES string of the molecule is Cc1cc(N2CCN(C3CCNC3)CC2)nc(C)n1. The molecule has 0 bridgehead atoms. The molecule has 1 N–H and O–H groups in total. The summed E-state index contributed by atoms with van der Waals surface area (Å²) in [7, 11) is 0. The first kappa shape index (κ1) is 12.8. The number of aromatic nitrogens is 2. The molecule has 5 nitrogen and oxygen atoms in total. The summed E-state index contributed by atoms with van der Waals surface area (Å²) in [6, 6.07) is 2.84. The molecule has 1 unspecified atom stereocenters. The van der Waals surface area contributed by atoms with Crippen LogP contribution in [0.1, 0.15) is 17.9 Å². The molecule has 104 valence electrons. The Morgan fingerprint density at radius 1 is 1.16 bits per heavy atom. The maximum Gasteiger partial charge on any atom is 0.132 e. The zero-order valence-corrected chi connectivity index (χ0v) is 11.9.